The van der Waals surface area contributed by atoms with Crippen LogP contribution in [0.1, 0.15) is 62.7 Å². The molecule has 5 rings (SSSR count). The van der Waals surface area contributed by atoms with Crippen LogP contribution in [0.5, 0.6) is 0 Å². The van der Waals surface area contributed by atoms with Gasteiger partial charge in [0.15, 0.2) is 0 Å². The number of rotatable bonds is 5. The molecule has 0 unspecified atom stereocenters. The minimum atomic E-state index is -0.527. The monoisotopic (exact) mass is 388 g/mol. The molecule has 1 aromatic carbocycles. The Morgan fingerprint density at radius 1 is 1.00 bits per heavy atom. The van der Waals surface area contributed by atoms with E-state index in [-0.39, 0.29) is 23.3 Å². The number of benzene rings is 1. The average Bonchev–Trinajstić information content (AvgIpc) is 2.58. The molecule has 4 saturated carbocycles. The first-order valence-electron chi connectivity index (χ1n) is 10.2. The highest BCUT2D eigenvalue weighted by molar-refractivity contribution is 6.30. The van der Waals surface area contributed by atoms with Gasteiger partial charge in [-0.25, -0.2) is 0 Å². The topological polar surface area (TPSA) is 58.2 Å². The maximum absolute atomic E-state index is 13.1. The van der Waals surface area contributed by atoms with Crippen LogP contribution >= 0.6 is 11.6 Å². The maximum atomic E-state index is 13.1. The molecule has 4 fully saturated rings. The molecule has 0 spiro atoms. The second kappa shape index (κ2) is 7.12. The van der Waals surface area contributed by atoms with E-state index >= 15 is 0 Å². The van der Waals surface area contributed by atoms with E-state index in [9.17, 15) is 9.59 Å². The van der Waals surface area contributed by atoms with Crippen molar-refractivity contribution in [1.29, 1.82) is 0 Å². The van der Waals surface area contributed by atoms with Crippen molar-refractivity contribution in [2.24, 2.45) is 23.7 Å². The van der Waals surface area contributed by atoms with Crippen LogP contribution in [0.3, 0.4) is 0 Å². The van der Waals surface area contributed by atoms with Crippen LogP contribution in [0, 0.1) is 23.7 Å². The van der Waals surface area contributed by atoms with Crippen LogP contribution < -0.4 is 10.6 Å². The van der Waals surface area contributed by atoms with Gasteiger partial charge in [-0.1, -0.05) is 25.4 Å². The molecule has 4 bridgehead atoms. The number of carbonyl (C=O) groups is 2. The van der Waals surface area contributed by atoms with Gasteiger partial charge in [0.05, 0.1) is 0 Å². The van der Waals surface area contributed by atoms with Gasteiger partial charge < -0.3 is 10.6 Å². The zero-order valence-electron chi connectivity index (χ0n) is 16.1. The van der Waals surface area contributed by atoms with Gasteiger partial charge in [0.2, 0.25) is 5.91 Å². The molecule has 0 radical (unpaired) electrons. The Balaban J connectivity index is 1.45. The first-order valence-corrected chi connectivity index (χ1v) is 10.6. The minimum Gasteiger partial charge on any atom is -0.349 e. The van der Waals surface area contributed by atoms with Gasteiger partial charge in [0.1, 0.15) is 6.04 Å². The van der Waals surface area contributed by atoms with Crippen molar-refractivity contribution < 1.29 is 9.59 Å². The number of hydrogen-bond donors (Lipinski definition) is 2. The van der Waals surface area contributed by atoms with Crippen molar-refractivity contribution in [3.8, 4) is 0 Å². The highest BCUT2D eigenvalue weighted by atomic mass is 35.5. The van der Waals surface area contributed by atoms with E-state index in [0.29, 0.717) is 10.6 Å². The molecule has 0 saturated heterocycles. The largest absolute Gasteiger partial charge is 0.349 e. The molecule has 4 aliphatic carbocycles. The average molecular weight is 389 g/mol. The Hall–Kier alpha value is -1.55. The normalized spacial score (nSPS) is 32.4. The molecule has 4 nitrogen and oxygen atoms in total. The summed E-state index contributed by atoms with van der Waals surface area (Å²) in [6.07, 6.45) is 7.37. The molecule has 0 aliphatic heterocycles. The van der Waals surface area contributed by atoms with Crippen molar-refractivity contribution in [3.05, 3.63) is 34.9 Å². The number of hydrogen-bond acceptors (Lipinski definition) is 2. The molecule has 2 amide bonds. The molecule has 1 atom stereocenters. The molecular formula is C22H29ClN2O2. The van der Waals surface area contributed by atoms with Gasteiger partial charge in [-0.05, 0) is 86.5 Å². The molecule has 1 aromatic rings. The summed E-state index contributed by atoms with van der Waals surface area (Å²) < 4.78 is 0. The standard InChI is InChI=1S/C22H29ClN2O2/c1-13(2)19(24-20(26)17-3-5-18(23)6-4-17)21(27)25-22-10-14-7-15(11-22)9-16(8-14)12-22/h3-6,13-16,19H,7-12H2,1-2H3,(H,24,26)(H,25,27)/t14?,15?,16?,19-,22?/m1/s1. The summed E-state index contributed by atoms with van der Waals surface area (Å²) in [5, 5.41) is 6.93. The zero-order valence-corrected chi connectivity index (χ0v) is 16.9. The van der Waals surface area contributed by atoms with Gasteiger partial charge in [-0.2, -0.15) is 0 Å². The molecule has 146 valence electrons. The maximum Gasteiger partial charge on any atom is 0.251 e. The van der Waals surface area contributed by atoms with Crippen molar-refractivity contribution in [2.45, 2.75) is 64.0 Å². The molecule has 2 N–H and O–H groups in total. The lowest BCUT2D eigenvalue weighted by molar-refractivity contribution is -0.129. The molecular weight excluding hydrogens is 360 g/mol. The second-order valence-corrected chi connectivity index (χ2v) is 9.83. The van der Waals surface area contributed by atoms with E-state index in [4.69, 9.17) is 11.6 Å². The lowest BCUT2D eigenvalue weighted by Gasteiger charge is -2.57. The van der Waals surface area contributed by atoms with Crippen LogP contribution in [-0.4, -0.2) is 23.4 Å². The van der Waals surface area contributed by atoms with Gasteiger partial charge >= 0.3 is 0 Å². The van der Waals surface area contributed by atoms with Gasteiger partial charge in [0.25, 0.3) is 5.91 Å². The third kappa shape index (κ3) is 3.87. The fourth-order valence-electron chi connectivity index (χ4n) is 5.96. The SMILES string of the molecule is CC(C)[C@@H](NC(=O)c1ccc(Cl)cc1)C(=O)NC12CC3CC(CC(C3)C1)C2. The summed E-state index contributed by atoms with van der Waals surface area (Å²) in [4.78, 5) is 25.7. The molecule has 5 heteroatoms. The van der Waals surface area contributed by atoms with E-state index in [2.05, 4.69) is 10.6 Å². The Kier molecular flexibility index (Phi) is 4.96. The van der Waals surface area contributed by atoms with Crippen LogP contribution in [-0.2, 0) is 4.79 Å². The van der Waals surface area contributed by atoms with E-state index in [1.807, 2.05) is 13.8 Å². The highest BCUT2D eigenvalue weighted by Gasteiger charge is 2.52. The third-order valence-electron chi connectivity index (χ3n) is 6.77. The van der Waals surface area contributed by atoms with Gasteiger partial charge in [0, 0.05) is 16.1 Å². The quantitative estimate of drug-likeness (QED) is 0.794. The lowest BCUT2D eigenvalue weighted by atomic mass is 9.53. The van der Waals surface area contributed by atoms with E-state index in [0.717, 1.165) is 37.0 Å². The zero-order chi connectivity index (χ0) is 19.2. The van der Waals surface area contributed by atoms with Crippen molar-refractivity contribution in [3.63, 3.8) is 0 Å². The first kappa shape index (κ1) is 18.8. The number of amides is 2. The molecule has 27 heavy (non-hydrogen) atoms. The highest BCUT2D eigenvalue weighted by Crippen LogP contribution is 2.55. The van der Waals surface area contributed by atoms with Crippen LogP contribution in [0.4, 0.5) is 0 Å². The van der Waals surface area contributed by atoms with E-state index in [1.165, 1.54) is 19.3 Å². The summed E-state index contributed by atoms with van der Waals surface area (Å²) >= 11 is 5.90. The predicted octanol–water partition coefficient (Wildman–Crippen LogP) is 4.18. The fraction of sp³-hybridized carbons (Fsp3) is 0.636. The van der Waals surface area contributed by atoms with Gasteiger partial charge in [-0.3, -0.25) is 9.59 Å². The Morgan fingerprint density at radius 2 is 1.52 bits per heavy atom. The van der Waals surface area contributed by atoms with Crippen LogP contribution in [0.15, 0.2) is 24.3 Å². The number of halogens is 1. The fourth-order valence-corrected chi connectivity index (χ4v) is 6.09. The Morgan fingerprint density at radius 3 is 2.00 bits per heavy atom. The van der Waals surface area contributed by atoms with E-state index in [1.54, 1.807) is 24.3 Å². The second-order valence-electron chi connectivity index (χ2n) is 9.39. The third-order valence-corrected chi connectivity index (χ3v) is 7.02. The minimum absolute atomic E-state index is 0.0233. The van der Waals surface area contributed by atoms with Crippen molar-refractivity contribution in [1.82, 2.24) is 10.6 Å². The molecule has 0 aromatic heterocycles. The summed E-state index contributed by atoms with van der Waals surface area (Å²) in [7, 11) is 0. The number of nitrogens with one attached hydrogen (secondary N) is 2. The van der Waals surface area contributed by atoms with Crippen molar-refractivity contribution >= 4 is 23.4 Å². The first-order chi connectivity index (χ1) is 12.8. The Bertz CT molecular complexity index is 693. The smallest absolute Gasteiger partial charge is 0.251 e. The van der Waals surface area contributed by atoms with E-state index < -0.39 is 6.04 Å². The Labute approximate surface area is 166 Å². The molecule has 4 aliphatic rings. The summed E-state index contributed by atoms with van der Waals surface area (Å²) in [5.41, 5.74) is 0.483. The summed E-state index contributed by atoms with van der Waals surface area (Å²) in [6, 6.07) is 6.23. The van der Waals surface area contributed by atoms with Gasteiger partial charge in [-0.15, -0.1) is 0 Å². The summed E-state index contributed by atoms with van der Waals surface area (Å²) in [6.45, 7) is 3.96. The lowest BCUT2D eigenvalue weighted by Crippen LogP contribution is -2.63. The molecule has 0 heterocycles. The van der Waals surface area contributed by atoms with Crippen LogP contribution in [0.2, 0.25) is 5.02 Å². The predicted molar refractivity (Wildman–Crippen MR) is 107 cm³/mol. The number of carbonyl (C=O) groups excluding carboxylic acids is 2. The summed E-state index contributed by atoms with van der Waals surface area (Å²) in [5.74, 6) is 2.09. The van der Waals surface area contributed by atoms with Crippen LogP contribution in [0.25, 0.3) is 0 Å². The van der Waals surface area contributed by atoms with Crippen molar-refractivity contribution in [2.75, 3.05) is 0 Å².